The highest BCUT2D eigenvalue weighted by Gasteiger charge is 2.19. The normalized spacial score (nSPS) is 16.1. The molecule has 5 nitrogen and oxygen atoms in total. The van der Waals surface area contributed by atoms with Crippen molar-refractivity contribution < 1.29 is 8.81 Å². The highest BCUT2D eigenvalue weighted by atomic mass is 19.1. The molecule has 0 radical (unpaired) electrons. The average Bonchev–Trinajstić information content (AvgIpc) is 2.97. The summed E-state index contributed by atoms with van der Waals surface area (Å²) in [6.45, 7) is 4.45. The second-order valence-electron chi connectivity index (χ2n) is 5.69. The van der Waals surface area contributed by atoms with Gasteiger partial charge in [-0.1, -0.05) is 0 Å². The number of oxazole rings is 1. The highest BCUT2D eigenvalue weighted by Crippen LogP contribution is 2.19. The molecule has 1 aliphatic rings. The minimum absolute atomic E-state index is 0.289. The van der Waals surface area contributed by atoms with E-state index < -0.39 is 0 Å². The number of halogens is 1. The van der Waals surface area contributed by atoms with Crippen molar-refractivity contribution in [3.05, 3.63) is 54.4 Å². The quantitative estimate of drug-likeness (QED) is 0.744. The van der Waals surface area contributed by atoms with E-state index in [9.17, 15) is 4.39 Å². The van der Waals surface area contributed by atoms with Crippen LogP contribution in [-0.4, -0.2) is 41.0 Å². The molecular formula is C17H17FN4O. The number of hydrogen-bond donors (Lipinski definition) is 0. The zero-order valence-electron chi connectivity index (χ0n) is 12.7. The van der Waals surface area contributed by atoms with Crippen LogP contribution in [0.15, 0.2) is 47.1 Å². The van der Waals surface area contributed by atoms with Gasteiger partial charge >= 0.3 is 0 Å². The van der Waals surface area contributed by atoms with E-state index in [-0.39, 0.29) is 5.82 Å². The fourth-order valence-electron chi connectivity index (χ4n) is 2.93. The van der Waals surface area contributed by atoms with E-state index >= 15 is 0 Å². The molecule has 0 atom stereocenters. The molecule has 0 saturated carbocycles. The first-order valence-corrected chi connectivity index (χ1v) is 7.70. The number of benzene rings is 1. The number of anilines is 1. The molecule has 3 heterocycles. The summed E-state index contributed by atoms with van der Waals surface area (Å²) in [4.78, 5) is 13.1. The molecule has 1 fully saturated rings. The van der Waals surface area contributed by atoms with E-state index in [1.807, 2.05) is 24.5 Å². The van der Waals surface area contributed by atoms with Crippen LogP contribution < -0.4 is 4.90 Å². The molecule has 0 bridgehead atoms. The van der Waals surface area contributed by atoms with Crippen LogP contribution >= 0.6 is 0 Å². The Hall–Kier alpha value is -2.47. The fourth-order valence-corrected chi connectivity index (χ4v) is 2.93. The summed E-state index contributed by atoms with van der Waals surface area (Å²) < 4.78 is 18.9. The van der Waals surface area contributed by atoms with E-state index in [1.165, 1.54) is 17.8 Å². The Kier molecular flexibility index (Phi) is 3.67. The lowest BCUT2D eigenvalue weighted by molar-refractivity contribution is 0.228. The summed E-state index contributed by atoms with van der Waals surface area (Å²) in [5.74, 6) is 0.353. The minimum atomic E-state index is -0.289. The Morgan fingerprint density at radius 3 is 2.61 bits per heavy atom. The van der Waals surface area contributed by atoms with Crippen molar-refractivity contribution in [1.29, 1.82) is 0 Å². The summed E-state index contributed by atoms with van der Waals surface area (Å²) in [5, 5.41) is 0. The number of pyridine rings is 1. The standard InChI is InChI=1S/C17H17FN4O/c18-13-1-2-16-15(11-13)20-17(23-16)12-21-7-9-22(10-8-21)14-3-5-19-6-4-14/h1-6,11H,7-10,12H2. The monoisotopic (exact) mass is 312 g/mol. The van der Waals surface area contributed by atoms with Crippen molar-refractivity contribution in [2.75, 3.05) is 31.1 Å². The first-order chi connectivity index (χ1) is 11.3. The maximum Gasteiger partial charge on any atom is 0.209 e. The molecule has 2 aromatic heterocycles. The molecule has 0 amide bonds. The topological polar surface area (TPSA) is 45.4 Å². The van der Waals surface area contributed by atoms with Gasteiger partial charge in [-0.05, 0) is 24.3 Å². The molecule has 118 valence electrons. The third kappa shape index (κ3) is 3.03. The van der Waals surface area contributed by atoms with Gasteiger partial charge in [0.25, 0.3) is 0 Å². The Morgan fingerprint density at radius 1 is 1.04 bits per heavy atom. The van der Waals surface area contributed by atoms with E-state index in [0.29, 0.717) is 23.5 Å². The van der Waals surface area contributed by atoms with Gasteiger partial charge in [-0.2, -0.15) is 0 Å². The van der Waals surface area contributed by atoms with Crippen LogP contribution in [-0.2, 0) is 6.54 Å². The SMILES string of the molecule is Fc1ccc2oc(CN3CCN(c4ccncc4)CC3)nc2c1. The van der Waals surface area contributed by atoms with Crippen molar-refractivity contribution in [2.45, 2.75) is 6.54 Å². The number of fused-ring (bicyclic) bond motifs is 1. The van der Waals surface area contributed by atoms with Gasteiger partial charge in [0.15, 0.2) is 5.58 Å². The highest BCUT2D eigenvalue weighted by molar-refractivity contribution is 5.72. The number of hydrogen-bond acceptors (Lipinski definition) is 5. The number of nitrogens with zero attached hydrogens (tertiary/aromatic N) is 4. The van der Waals surface area contributed by atoms with Gasteiger partial charge in [0.1, 0.15) is 11.3 Å². The van der Waals surface area contributed by atoms with E-state index in [2.05, 4.69) is 19.8 Å². The molecule has 23 heavy (non-hydrogen) atoms. The lowest BCUT2D eigenvalue weighted by Crippen LogP contribution is -2.46. The third-order valence-electron chi connectivity index (χ3n) is 4.15. The molecule has 3 aromatic rings. The number of piperazine rings is 1. The smallest absolute Gasteiger partial charge is 0.209 e. The van der Waals surface area contributed by atoms with Crippen LogP contribution in [0.4, 0.5) is 10.1 Å². The Balaban J connectivity index is 1.40. The van der Waals surface area contributed by atoms with Crippen molar-refractivity contribution in [3.8, 4) is 0 Å². The predicted octanol–water partition coefficient (Wildman–Crippen LogP) is 2.68. The summed E-state index contributed by atoms with van der Waals surface area (Å²) in [7, 11) is 0. The molecule has 0 N–H and O–H groups in total. The molecule has 0 spiro atoms. The van der Waals surface area contributed by atoms with Crippen LogP contribution in [0.25, 0.3) is 11.1 Å². The average molecular weight is 312 g/mol. The summed E-state index contributed by atoms with van der Waals surface area (Å²) >= 11 is 0. The summed E-state index contributed by atoms with van der Waals surface area (Å²) in [5.41, 5.74) is 2.42. The fraction of sp³-hybridized carbons (Fsp3) is 0.294. The van der Waals surface area contributed by atoms with Gasteiger partial charge in [-0.25, -0.2) is 9.37 Å². The predicted molar refractivity (Wildman–Crippen MR) is 85.7 cm³/mol. The Labute approximate surface area is 133 Å². The summed E-state index contributed by atoms with van der Waals surface area (Å²) in [6.07, 6.45) is 3.64. The Morgan fingerprint density at radius 2 is 1.83 bits per heavy atom. The van der Waals surface area contributed by atoms with Crippen LogP contribution in [0.1, 0.15) is 5.89 Å². The van der Waals surface area contributed by atoms with Crippen molar-refractivity contribution >= 4 is 16.8 Å². The van der Waals surface area contributed by atoms with Crippen molar-refractivity contribution in [2.24, 2.45) is 0 Å². The van der Waals surface area contributed by atoms with E-state index in [1.54, 1.807) is 6.07 Å². The van der Waals surface area contributed by atoms with Gasteiger partial charge in [0.2, 0.25) is 5.89 Å². The lowest BCUT2D eigenvalue weighted by Gasteiger charge is -2.35. The molecule has 1 aromatic carbocycles. The van der Waals surface area contributed by atoms with Crippen LogP contribution in [0, 0.1) is 5.82 Å². The molecule has 1 aliphatic heterocycles. The second kappa shape index (κ2) is 5.96. The zero-order valence-corrected chi connectivity index (χ0v) is 12.7. The summed E-state index contributed by atoms with van der Waals surface area (Å²) in [6, 6.07) is 8.49. The van der Waals surface area contributed by atoms with E-state index in [0.717, 1.165) is 26.2 Å². The van der Waals surface area contributed by atoms with Gasteiger partial charge in [0, 0.05) is 50.3 Å². The molecule has 0 aliphatic carbocycles. The molecule has 4 rings (SSSR count). The maximum absolute atomic E-state index is 13.2. The van der Waals surface area contributed by atoms with Crippen LogP contribution in [0.3, 0.4) is 0 Å². The zero-order chi connectivity index (χ0) is 15.6. The molecule has 1 saturated heterocycles. The first kappa shape index (κ1) is 14.1. The number of rotatable bonds is 3. The van der Waals surface area contributed by atoms with Gasteiger partial charge in [0.05, 0.1) is 6.54 Å². The van der Waals surface area contributed by atoms with Gasteiger partial charge in [-0.3, -0.25) is 9.88 Å². The van der Waals surface area contributed by atoms with E-state index in [4.69, 9.17) is 4.42 Å². The number of aromatic nitrogens is 2. The molecule has 6 heteroatoms. The first-order valence-electron chi connectivity index (χ1n) is 7.70. The molecular weight excluding hydrogens is 295 g/mol. The largest absolute Gasteiger partial charge is 0.439 e. The van der Waals surface area contributed by atoms with Crippen molar-refractivity contribution in [3.63, 3.8) is 0 Å². The van der Waals surface area contributed by atoms with Crippen molar-refractivity contribution in [1.82, 2.24) is 14.9 Å². The van der Waals surface area contributed by atoms with Gasteiger partial charge in [-0.15, -0.1) is 0 Å². The third-order valence-corrected chi connectivity index (χ3v) is 4.15. The minimum Gasteiger partial charge on any atom is -0.439 e. The van der Waals surface area contributed by atoms with Crippen LogP contribution in [0.5, 0.6) is 0 Å². The maximum atomic E-state index is 13.2. The van der Waals surface area contributed by atoms with Gasteiger partial charge < -0.3 is 9.32 Å². The molecule has 0 unspecified atom stereocenters. The lowest BCUT2D eigenvalue weighted by atomic mass is 10.2. The Bertz CT molecular complexity index is 797. The second-order valence-corrected chi connectivity index (χ2v) is 5.69. The van der Waals surface area contributed by atoms with Crippen LogP contribution in [0.2, 0.25) is 0 Å².